The Morgan fingerprint density at radius 3 is 2.07 bits per heavy atom. The summed E-state index contributed by atoms with van der Waals surface area (Å²) in [5, 5.41) is 101. The van der Waals surface area contributed by atoms with Crippen molar-refractivity contribution in [1.29, 1.82) is 0 Å². The van der Waals surface area contributed by atoms with Crippen LogP contribution in [0.5, 0.6) is 28.7 Å². The Labute approximate surface area is 239 Å². The highest BCUT2D eigenvalue weighted by atomic mass is 16.8. The van der Waals surface area contributed by atoms with Crippen molar-refractivity contribution in [2.24, 2.45) is 0 Å². The van der Waals surface area contributed by atoms with Crippen molar-refractivity contribution >= 4 is 5.78 Å². The van der Waals surface area contributed by atoms with Crippen LogP contribution in [0.15, 0.2) is 30.3 Å². The van der Waals surface area contributed by atoms with Crippen LogP contribution in [0.1, 0.15) is 29.3 Å². The van der Waals surface area contributed by atoms with Gasteiger partial charge in [0.15, 0.2) is 29.7 Å². The third-order valence-corrected chi connectivity index (χ3v) is 7.21. The van der Waals surface area contributed by atoms with Gasteiger partial charge in [-0.1, -0.05) is 6.07 Å². The molecular formula is C27H34O15. The highest BCUT2D eigenvalue weighted by Crippen LogP contribution is 2.37. The maximum absolute atomic E-state index is 12.8. The van der Waals surface area contributed by atoms with Crippen LogP contribution < -0.4 is 4.74 Å². The van der Waals surface area contributed by atoms with Gasteiger partial charge < -0.3 is 70.0 Å². The third kappa shape index (κ3) is 6.54. The maximum Gasteiger partial charge on any atom is 0.229 e. The monoisotopic (exact) mass is 598 g/mol. The fraction of sp³-hybridized carbons (Fsp3) is 0.519. The summed E-state index contributed by atoms with van der Waals surface area (Å²) < 4.78 is 22.2. The molecule has 2 aliphatic heterocycles. The van der Waals surface area contributed by atoms with Crippen LogP contribution in [0, 0.1) is 0 Å². The van der Waals surface area contributed by atoms with E-state index in [1.54, 1.807) is 0 Å². The normalized spacial score (nSPS) is 33.3. The zero-order chi connectivity index (χ0) is 30.9. The van der Waals surface area contributed by atoms with E-state index in [2.05, 4.69) is 0 Å². The minimum absolute atomic E-state index is 0.112. The van der Waals surface area contributed by atoms with E-state index in [0.717, 1.165) is 12.1 Å². The fourth-order valence-electron chi connectivity index (χ4n) is 4.76. The van der Waals surface area contributed by atoms with E-state index in [0.29, 0.717) is 5.56 Å². The van der Waals surface area contributed by atoms with Crippen LogP contribution in [-0.4, -0.2) is 125 Å². The largest absolute Gasteiger partial charge is 0.507 e. The number of hydrogen-bond donors (Lipinski definition) is 10. The van der Waals surface area contributed by atoms with Crippen molar-refractivity contribution in [3.8, 4) is 28.7 Å². The van der Waals surface area contributed by atoms with Crippen LogP contribution in [0.4, 0.5) is 0 Å². The molecule has 10 atom stereocenters. The number of aliphatic hydroxyl groups excluding tert-OH is 6. The molecule has 2 fully saturated rings. The molecule has 10 N–H and O–H groups in total. The van der Waals surface area contributed by atoms with Gasteiger partial charge in [-0.3, -0.25) is 4.79 Å². The van der Waals surface area contributed by atoms with Gasteiger partial charge in [-0.25, -0.2) is 0 Å². The van der Waals surface area contributed by atoms with Crippen LogP contribution >= 0.6 is 0 Å². The number of carbonyl (C=O) groups is 1. The molecule has 4 rings (SSSR count). The second kappa shape index (κ2) is 12.9. The molecule has 232 valence electrons. The first-order valence-electron chi connectivity index (χ1n) is 13.1. The van der Waals surface area contributed by atoms with Crippen LogP contribution in [0.2, 0.25) is 0 Å². The summed E-state index contributed by atoms with van der Waals surface area (Å²) in [6, 6.07) is 5.96. The minimum Gasteiger partial charge on any atom is -0.507 e. The molecule has 0 saturated carbocycles. The van der Waals surface area contributed by atoms with Crippen LogP contribution in [0.3, 0.4) is 0 Å². The number of aromatic hydroxyl groups is 4. The van der Waals surface area contributed by atoms with Gasteiger partial charge in [0, 0.05) is 18.6 Å². The number of hydrogen-bond acceptors (Lipinski definition) is 15. The molecule has 15 nitrogen and oxygen atoms in total. The second-order valence-corrected chi connectivity index (χ2v) is 10.2. The Kier molecular flexibility index (Phi) is 9.77. The van der Waals surface area contributed by atoms with Gasteiger partial charge in [-0.05, 0) is 31.0 Å². The topological polar surface area (TPSA) is 256 Å². The molecule has 10 unspecified atom stereocenters. The predicted molar refractivity (Wildman–Crippen MR) is 138 cm³/mol. The molecule has 2 aliphatic rings. The lowest BCUT2D eigenvalue weighted by atomic mass is 9.97. The van der Waals surface area contributed by atoms with E-state index in [4.69, 9.17) is 18.9 Å². The smallest absolute Gasteiger partial charge is 0.229 e. The van der Waals surface area contributed by atoms with Gasteiger partial charge in [0.2, 0.25) is 6.29 Å². The summed E-state index contributed by atoms with van der Waals surface area (Å²) in [4.78, 5) is 12.8. The number of phenols is 4. The Balaban J connectivity index is 1.52. The van der Waals surface area contributed by atoms with Crippen LogP contribution in [0.25, 0.3) is 0 Å². The Bertz CT molecular complexity index is 1230. The number of phenolic OH excluding ortho intramolecular Hbond substituents is 4. The van der Waals surface area contributed by atoms with Crippen molar-refractivity contribution in [3.63, 3.8) is 0 Å². The summed E-state index contributed by atoms with van der Waals surface area (Å²) in [6.45, 7) is 0.648. The highest BCUT2D eigenvalue weighted by Gasteiger charge is 2.51. The lowest BCUT2D eigenvalue weighted by Gasteiger charge is -2.45. The average Bonchev–Trinajstić information content (AvgIpc) is 2.94. The van der Waals surface area contributed by atoms with Crippen molar-refractivity contribution < 1.29 is 74.8 Å². The van der Waals surface area contributed by atoms with Crippen LogP contribution in [-0.2, 0) is 20.6 Å². The van der Waals surface area contributed by atoms with E-state index in [9.17, 15) is 55.9 Å². The first-order valence-corrected chi connectivity index (χ1v) is 13.1. The third-order valence-electron chi connectivity index (χ3n) is 7.21. The van der Waals surface area contributed by atoms with E-state index < -0.39 is 90.9 Å². The zero-order valence-electron chi connectivity index (χ0n) is 22.3. The van der Waals surface area contributed by atoms with Gasteiger partial charge in [0.05, 0.1) is 12.7 Å². The summed E-state index contributed by atoms with van der Waals surface area (Å²) >= 11 is 0. The Morgan fingerprint density at radius 2 is 1.45 bits per heavy atom. The Morgan fingerprint density at radius 1 is 0.786 bits per heavy atom. The lowest BCUT2D eigenvalue weighted by Crippen LogP contribution is -2.64. The second-order valence-electron chi connectivity index (χ2n) is 10.2. The standard InChI is InChI=1S/C27H34O15/c1-10-20(34)22(36)24(38)26(39-10)42-25-23(37)21(35)18(9-28)41-27(25)40-12-7-16(32)19(17(33)8-12)14(30)5-3-11-2-4-13(29)15(31)6-11/h2,4,6-8,10,18,20-29,31-38H,3,5,9H2,1H3. The molecule has 2 aromatic carbocycles. The van der Waals surface area contributed by atoms with E-state index in [1.165, 1.54) is 25.1 Å². The Hall–Kier alpha value is -3.25. The molecule has 0 aliphatic carbocycles. The average molecular weight is 599 g/mol. The number of rotatable bonds is 9. The number of aliphatic hydroxyl groups is 6. The van der Waals surface area contributed by atoms with E-state index in [1.807, 2.05) is 0 Å². The predicted octanol–water partition coefficient (Wildman–Crippen LogP) is -1.65. The molecule has 2 heterocycles. The van der Waals surface area contributed by atoms with E-state index >= 15 is 0 Å². The lowest BCUT2D eigenvalue weighted by molar-refractivity contribution is -0.354. The number of benzene rings is 2. The summed E-state index contributed by atoms with van der Waals surface area (Å²) in [7, 11) is 0. The van der Waals surface area contributed by atoms with Gasteiger partial charge >= 0.3 is 0 Å². The van der Waals surface area contributed by atoms with Crippen molar-refractivity contribution in [3.05, 3.63) is 41.5 Å². The molecule has 0 amide bonds. The molecule has 0 aromatic heterocycles. The molecular weight excluding hydrogens is 564 g/mol. The first kappa shape index (κ1) is 31.7. The maximum atomic E-state index is 12.8. The number of Topliss-reactive ketones (excluding diaryl/α,β-unsaturated/α-hetero) is 1. The van der Waals surface area contributed by atoms with Crippen molar-refractivity contribution in [1.82, 2.24) is 0 Å². The number of ether oxygens (including phenoxy) is 4. The SMILES string of the molecule is CC1OC(OC2C(Oc3cc(O)c(C(=O)CCc4ccc(O)c(O)c4)c(O)c3)OC(CO)C(O)C2O)C(O)C(O)C1O. The first-order chi connectivity index (χ1) is 19.8. The molecule has 2 aromatic rings. The molecule has 0 radical (unpaired) electrons. The highest BCUT2D eigenvalue weighted by molar-refractivity contribution is 6.01. The zero-order valence-corrected chi connectivity index (χ0v) is 22.3. The summed E-state index contributed by atoms with van der Waals surface area (Å²) in [5.41, 5.74) is 0.0902. The molecule has 42 heavy (non-hydrogen) atoms. The number of carbonyl (C=O) groups excluding carboxylic acids is 1. The summed E-state index contributed by atoms with van der Waals surface area (Å²) in [5.74, 6) is -2.98. The molecule has 0 spiro atoms. The van der Waals surface area contributed by atoms with Gasteiger partial charge in [-0.2, -0.15) is 0 Å². The van der Waals surface area contributed by atoms with Gasteiger partial charge in [-0.15, -0.1) is 0 Å². The number of ketones is 1. The summed E-state index contributed by atoms with van der Waals surface area (Å²) in [6.07, 6.45) is -15.7. The van der Waals surface area contributed by atoms with Crippen molar-refractivity contribution in [2.45, 2.75) is 81.2 Å². The van der Waals surface area contributed by atoms with Gasteiger partial charge in [0.25, 0.3) is 0 Å². The van der Waals surface area contributed by atoms with Crippen molar-refractivity contribution in [2.75, 3.05) is 6.61 Å². The molecule has 0 bridgehead atoms. The van der Waals surface area contributed by atoms with Gasteiger partial charge in [0.1, 0.15) is 59.4 Å². The fourth-order valence-corrected chi connectivity index (χ4v) is 4.76. The number of aryl methyl sites for hydroxylation is 1. The van der Waals surface area contributed by atoms with E-state index in [-0.39, 0.29) is 30.1 Å². The molecule has 2 saturated heterocycles. The minimum atomic E-state index is -1.79. The quantitative estimate of drug-likeness (QED) is 0.115. The molecule has 15 heteroatoms.